The summed E-state index contributed by atoms with van der Waals surface area (Å²) in [6, 6.07) is 1.62. The molecule has 8 nitrogen and oxygen atoms in total. The van der Waals surface area contributed by atoms with E-state index in [4.69, 9.17) is 10.5 Å². The van der Waals surface area contributed by atoms with E-state index in [2.05, 4.69) is 5.32 Å². The summed E-state index contributed by atoms with van der Waals surface area (Å²) < 4.78 is 19.4. The van der Waals surface area contributed by atoms with E-state index in [1.165, 1.54) is 17.0 Å². The van der Waals surface area contributed by atoms with Crippen molar-refractivity contribution in [1.82, 2.24) is 10.2 Å². The molecule has 0 saturated carbocycles. The Morgan fingerprint density at radius 3 is 2.64 bits per heavy atom. The molecule has 1 unspecified atom stereocenters. The van der Waals surface area contributed by atoms with Crippen LogP contribution in [0.1, 0.15) is 39.2 Å². The lowest BCUT2D eigenvalue weighted by atomic mass is 10.0. The number of aromatic hydroxyl groups is 1. The average molecular weight is 395 g/mol. The molecule has 154 valence electrons. The van der Waals surface area contributed by atoms with Gasteiger partial charge < -0.3 is 25.8 Å². The van der Waals surface area contributed by atoms with Crippen LogP contribution < -0.4 is 11.1 Å². The van der Waals surface area contributed by atoms with Crippen LogP contribution in [0.4, 0.5) is 9.18 Å². The van der Waals surface area contributed by atoms with Crippen molar-refractivity contribution in [2.45, 2.75) is 57.7 Å². The number of likely N-dealkylation sites (tertiary alicyclic amines) is 1. The van der Waals surface area contributed by atoms with Crippen LogP contribution in [-0.4, -0.2) is 52.1 Å². The van der Waals surface area contributed by atoms with Gasteiger partial charge in [0.2, 0.25) is 11.8 Å². The molecule has 1 aromatic rings. The lowest BCUT2D eigenvalue weighted by molar-refractivity contribution is -0.139. The van der Waals surface area contributed by atoms with E-state index in [1.807, 2.05) is 0 Å². The first-order valence-corrected chi connectivity index (χ1v) is 9.04. The summed E-state index contributed by atoms with van der Waals surface area (Å²) in [6.07, 6.45) is 0.0336. The average Bonchev–Trinajstić information content (AvgIpc) is 3.04. The number of nitrogens with zero attached hydrogens (tertiary/aromatic N) is 1. The number of rotatable bonds is 5. The molecule has 0 spiro atoms. The summed E-state index contributed by atoms with van der Waals surface area (Å²) in [5.74, 6) is -2.13. The zero-order valence-electron chi connectivity index (χ0n) is 16.2. The van der Waals surface area contributed by atoms with Crippen LogP contribution in [0, 0.1) is 5.82 Å². The van der Waals surface area contributed by atoms with Crippen LogP contribution in [0.3, 0.4) is 0 Å². The molecule has 0 aliphatic carbocycles. The fourth-order valence-corrected chi connectivity index (χ4v) is 3.10. The largest absolute Gasteiger partial charge is 0.508 e. The van der Waals surface area contributed by atoms with Gasteiger partial charge in [-0.15, -0.1) is 0 Å². The minimum Gasteiger partial charge on any atom is -0.508 e. The third-order valence-electron chi connectivity index (χ3n) is 4.31. The summed E-state index contributed by atoms with van der Waals surface area (Å²) in [7, 11) is 0. The molecule has 2 rings (SSSR count). The molecule has 3 amide bonds. The Morgan fingerprint density at radius 2 is 2.07 bits per heavy atom. The number of hydrogen-bond donors (Lipinski definition) is 3. The molecule has 1 heterocycles. The standard InChI is InChI=1S/C19H26FN3O5/c1-19(2,3)28-18(27)22-14(9-11-6-7-12(24)10-13(11)20)17(26)23-8-4-5-15(23)16(21)25/h6-7,10,14-15,24H,4-5,8-9H2,1-3H3,(H2,21,25)(H,22,27)/t14?,15-/m0/s1. The van der Waals surface area contributed by atoms with Crippen LogP contribution in [0.15, 0.2) is 18.2 Å². The molecule has 0 aromatic heterocycles. The van der Waals surface area contributed by atoms with Gasteiger partial charge in [0.05, 0.1) is 0 Å². The van der Waals surface area contributed by atoms with Crippen LogP contribution in [0.2, 0.25) is 0 Å². The highest BCUT2D eigenvalue weighted by Crippen LogP contribution is 2.21. The minimum atomic E-state index is -1.16. The Bertz CT molecular complexity index is 762. The van der Waals surface area contributed by atoms with Crippen LogP contribution in [0.5, 0.6) is 5.75 Å². The fourth-order valence-electron chi connectivity index (χ4n) is 3.10. The van der Waals surface area contributed by atoms with E-state index in [0.717, 1.165) is 6.07 Å². The molecule has 0 radical (unpaired) electrons. The van der Waals surface area contributed by atoms with E-state index in [9.17, 15) is 23.9 Å². The molecule has 9 heteroatoms. The first kappa shape index (κ1) is 21.5. The maximum atomic E-state index is 14.2. The molecular formula is C19H26FN3O5. The highest BCUT2D eigenvalue weighted by atomic mass is 19.1. The zero-order chi connectivity index (χ0) is 21.1. The second-order valence-corrected chi connectivity index (χ2v) is 7.77. The molecule has 1 saturated heterocycles. The fraction of sp³-hybridized carbons (Fsp3) is 0.526. The molecule has 2 atom stereocenters. The number of carbonyl (C=O) groups is 3. The van der Waals surface area contributed by atoms with Crippen molar-refractivity contribution >= 4 is 17.9 Å². The number of hydrogen-bond acceptors (Lipinski definition) is 5. The third-order valence-corrected chi connectivity index (χ3v) is 4.31. The second kappa shape index (κ2) is 8.45. The number of benzene rings is 1. The summed E-state index contributed by atoms with van der Waals surface area (Å²) in [5, 5.41) is 11.8. The number of phenolic OH excluding ortho intramolecular Hbond substituents is 1. The lowest BCUT2D eigenvalue weighted by Crippen LogP contribution is -2.54. The predicted octanol–water partition coefficient (Wildman–Crippen LogP) is 1.44. The van der Waals surface area contributed by atoms with Crippen LogP contribution in [-0.2, 0) is 20.7 Å². The van der Waals surface area contributed by atoms with Crippen molar-refractivity contribution in [3.05, 3.63) is 29.6 Å². The summed E-state index contributed by atoms with van der Waals surface area (Å²) in [5.41, 5.74) is 4.71. The Kier molecular flexibility index (Phi) is 6.48. The first-order chi connectivity index (χ1) is 13.0. The maximum Gasteiger partial charge on any atom is 0.408 e. The lowest BCUT2D eigenvalue weighted by Gasteiger charge is -2.29. The van der Waals surface area contributed by atoms with E-state index in [1.54, 1.807) is 20.8 Å². The van der Waals surface area contributed by atoms with E-state index < -0.39 is 41.4 Å². The van der Waals surface area contributed by atoms with Crippen LogP contribution >= 0.6 is 0 Å². The molecule has 4 N–H and O–H groups in total. The number of carbonyl (C=O) groups excluding carboxylic acids is 3. The van der Waals surface area contributed by atoms with Gasteiger partial charge in [-0.3, -0.25) is 9.59 Å². The van der Waals surface area contributed by atoms with Gasteiger partial charge in [0.25, 0.3) is 0 Å². The molecule has 1 aromatic carbocycles. The van der Waals surface area contributed by atoms with Crippen molar-refractivity contribution in [3.63, 3.8) is 0 Å². The summed E-state index contributed by atoms with van der Waals surface area (Å²) in [4.78, 5) is 38.2. The number of alkyl carbamates (subject to hydrolysis) is 1. The van der Waals surface area contributed by atoms with Gasteiger partial charge in [0.15, 0.2) is 0 Å². The SMILES string of the molecule is CC(C)(C)OC(=O)NC(Cc1ccc(O)cc1F)C(=O)N1CCC[C@H]1C(N)=O. The maximum absolute atomic E-state index is 14.2. The van der Waals surface area contributed by atoms with Crippen molar-refractivity contribution < 1.29 is 28.6 Å². The van der Waals surface area contributed by atoms with Crippen molar-refractivity contribution in [1.29, 1.82) is 0 Å². The van der Waals surface area contributed by atoms with E-state index in [-0.39, 0.29) is 17.7 Å². The van der Waals surface area contributed by atoms with E-state index >= 15 is 0 Å². The Balaban J connectivity index is 2.25. The second-order valence-electron chi connectivity index (χ2n) is 7.77. The van der Waals surface area contributed by atoms with Gasteiger partial charge in [-0.2, -0.15) is 0 Å². The van der Waals surface area contributed by atoms with Gasteiger partial charge in [0, 0.05) is 19.0 Å². The molecular weight excluding hydrogens is 369 g/mol. The molecule has 28 heavy (non-hydrogen) atoms. The number of nitrogens with two attached hydrogens (primary N) is 1. The topological polar surface area (TPSA) is 122 Å². The van der Waals surface area contributed by atoms with Crippen LogP contribution in [0.25, 0.3) is 0 Å². The zero-order valence-corrected chi connectivity index (χ0v) is 16.2. The van der Waals surface area contributed by atoms with Crippen molar-refractivity contribution in [2.24, 2.45) is 5.73 Å². The monoisotopic (exact) mass is 395 g/mol. The van der Waals surface area contributed by atoms with Crippen molar-refractivity contribution in [3.8, 4) is 5.75 Å². The number of ether oxygens (including phenoxy) is 1. The number of amides is 3. The molecule has 1 fully saturated rings. The van der Waals surface area contributed by atoms with Gasteiger partial charge >= 0.3 is 6.09 Å². The highest BCUT2D eigenvalue weighted by Gasteiger charge is 2.37. The molecule has 0 bridgehead atoms. The number of halogens is 1. The number of nitrogens with one attached hydrogen (secondary N) is 1. The molecule has 1 aliphatic heterocycles. The van der Waals surface area contributed by atoms with Gasteiger partial charge in [-0.1, -0.05) is 6.07 Å². The normalized spacial score (nSPS) is 17.9. The Morgan fingerprint density at radius 1 is 1.39 bits per heavy atom. The molecule has 1 aliphatic rings. The Hall–Kier alpha value is -2.84. The van der Waals surface area contributed by atoms with Gasteiger partial charge in [-0.25, -0.2) is 9.18 Å². The number of primary amides is 1. The smallest absolute Gasteiger partial charge is 0.408 e. The minimum absolute atomic E-state index is 0.127. The quantitative estimate of drug-likeness (QED) is 0.696. The first-order valence-electron chi connectivity index (χ1n) is 9.04. The Labute approximate surface area is 162 Å². The highest BCUT2D eigenvalue weighted by molar-refractivity contribution is 5.91. The van der Waals surface area contributed by atoms with Gasteiger partial charge in [0.1, 0.15) is 29.3 Å². The third kappa shape index (κ3) is 5.58. The van der Waals surface area contributed by atoms with E-state index in [0.29, 0.717) is 19.4 Å². The number of phenols is 1. The summed E-state index contributed by atoms with van der Waals surface area (Å²) >= 11 is 0. The van der Waals surface area contributed by atoms with Crippen molar-refractivity contribution in [2.75, 3.05) is 6.54 Å². The van der Waals surface area contributed by atoms with Gasteiger partial charge in [-0.05, 0) is 45.2 Å². The predicted molar refractivity (Wildman–Crippen MR) is 98.9 cm³/mol. The summed E-state index contributed by atoms with van der Waals surface area (Å²) in [6.45, 7) is 5.34.